The number of aliphatic hydroxyl groups excluding tert-OH is 1. The van der Waals surface area contributed by atoms with Gasteiger partial charge in [0.1, 0.15) is 0 Å². The quantitative estimate of drug-likeness (QED) is 0.710. The van der Waals surface area contributed by atoms with Crippen LogP contribution in [0.15, 0.2) is 0 Å². The molecule has 0 aromatic carbocycles. The first-order chi connectivity index (χ1) is 10.5. The molecule has 0 saturated carbocycles. The first-order valence-corrected chi connectivity index (χ1v) is 8.15. The molecule has 23 heavy (non-hydrogen) atoms. The van der Waals surface area contributed by atoms with E-state index in [-0.39, 0.29) is 17.9 Å². The standard InChI is InChI=1S/C17H32N4O2/c1-12-14(13(2)21(20-12)8-9-22)10-19-17(6,7)15(23)18-11-16(3,4)5/h19,22H,8-11H2,1-7H3,(H,18,23). The molecular weight excluding hydrogens is 292 g/mol. The molecule has 0 aliphatic heterocycles. The number of nitrogens with zero attached hydrogens (tertiary/aromatic N) is 2. The molecule has 0 aliphatic carbocycles. The first kappa shape index (κ1) is 19.6. The van der Waals surface area contributed by atoms with Crippen LogP contribution in [0.1, 0.15) is 51.6 Å². The summed E-state index contributed by atoms with van der Waals surface area (Å²) in [7, 11) is 0. The van der Waals surface area contributed by atoms with E-state index in [1.165, 1.54) is 0 Å². The van der Waals surface area contributed by atoms with Crippen molar-refractivity contribution in [2.75, 3.05) is 13.2 Å². The highest BCUT2D eigenvalue weighted by Gasteiger charge is 2.28. The summed E-state index contributed by atoms with van der Waals surface area (Å²) in [5.41, 5.74) is 2.42. The highest BCUT2D eigenvalue weighted by Crippen LogP contribution is 2.15. The Morgan fingerprint density at radius 1 is 1.22 bits per heavy atom. The van der Waals surface area contributed by atoms with E-state index in [1.54, 1.807) is 4.68 Å². The van der Waals surface area contributed by atoms with E-state index in [2.05, 4.69) is 36.5 Å². The average Bonchev–Trinajstić information content (AvgIpc) is 2.68. The molecule has 132 valence electrons. The van der Waals surface area contributed by atoms with Gasteiger partial charge in [-0.05, 0) is 33.1 Å². The third-order valence-electron chi connectivity index (χ3n) is 3.90. The highest BCUT2D eigenvalue weighted by atomic mass is 16.3. The molecule has 1 rings (SSSR count). The lowest BCUT2D eigenvalue weighted by molar-refractivity contribution is -0.126. The van der Waals surface area contributed by atoms with Gasteiger partial charge in [-0.1, -0.05) is 20.8 Å². The molecule has 0 bridgehead atoms. The number of aryl methyl sites for hydroxylation is 1. The van der Waals surface area contributed by atoms with Crippen molar-refractivity contribution in [2.45, 2.75) is 67.1 Å². The highest BCUT2D eigenvalue weighted by molar-refractivity contribution is 5.85. The van der Waals surface area contributed by atoms with Gasteiger partial charge in [0.2, 0.25) is 5.91 Å². The van der Waals surface area contributed by atoms with Gasteiger partial charge < -0.3 is 10.4 Å². The Labute approximate surface area is 139 Å². The maximum absolute atomic E-state index is 12.4. The van der Waals surface area contributed by atoms with E-state index in [9.17, 15) is 4.79 Å². The second kappa shape index (κ2) is 7.45. The van der Waals surface area contributed by atoms with E-state index < -0.39 is 5.54 Å². The molecule has 0 spiro atoms. The molecule has 3 N–H and O–H groups in total. The normalized spacial score (nSPS) is 12.5. The molecule has 0 fully saturated rings. The lowest BCUT2D eigenvalue weighted by Gasteiger charge is -2.28. The van der Waals surface area contributed by atoms with Gasteiger partial charge in [0.25, 0.3) is 0 Å². The fourth-order valence-electron chi connectivity index (χ4n) is 2.26. The minimum Gasteiger partial charge on any atom is -0.394 e. The predicted octanol–water partition coefficient (Wildman–Crippen LogP) is 1.52. The number of amides is 1. The lowest BCUT2D eigenvalue weighted by atomic mass is 9.96. The van der Waals surface area contributed by atoms with Crippen molar-refractivity contribution in [3.63, 3.8) is 0 Å². The van der Waals surface area contributed by atoms with E-state index in [0.717, 1.165) is 17.0 Å². The summed E-state index contributed by atoms with van der Waals surface area (Å²) in [6.07, 6.45) is 0. The van der Waals surface area contributed by atoms with E-state index in [0.29, 0.717) is 19.6 Å². The van der Waals surface area contributed by atoms with Crippen molar-refractivity contribution in [3.8, 4) is 0 Å². The SMILES string of the molecule is Cc1nn(CCO)c(C)c1CNC(C)(C)C(=O)NCC(C)(C)C. The van der Waals surface area contributed by atoms with Gasteiger partial charge in [-0.25, -0.2) is 0 Å². The smallest absolute Gasteiger partial charge is 0.239 e. The topological polar surface area (TPSA) is 79.2 Å². The van der Waals surface area contributed by atoms with Crippen LogP contribution in [0.5, 0.6) is 0 Å². The Morgan fingerprint density at radius 2 is 1.83 bits per heavy atom. The minimum absolute atomic E-state index is 0.00881. The third kappa shape index (κ3) is 5.62. The van der Waals surface area contributed by atoms with Crippen molar-refractivity contribution < 1.29 is 9.90 Å². The van der Waals surface area contributed by atoms with Gasteiger partial charge >= 0.3 is 0 Å². The maximum Gasteiger partial charge on any atom is 0.239 e. The Balaban J connectivity index is 2.71. The van der Waals surface area contributed by atoms with E-state index >= 15 is 0 Å². The summed E-state index contributed by atoms with van der Waals surface area (Å²) in [6, 6.07) is 0. The summed E-state index contributed by atoms with van der Waals surface area (Å²) in [5.74, 6) is -0.00881. The van der Waals surface area contributed by atoms with Gasteiger partial charge in [-0.2, -0.15) is 5.10 Å². The third-order valence-corrected chi connectivity index (χ3v) is 3.90. The summed E-state index contributed by atoms with van der Waals surface area (Å²) < 4.78 is 1.80. The van der Waals surface area contributed by atoms with Crippen molar-refractivity contribution in [1.29, 1.82) is 0 Å². The molecule has 1 amide bonds. The Morgan fingerprint density at radius 3 is 2.35 bits per heavy atom. The number of nitrogens with one attached hydrogen (secondary N) is 2. The number of hydrogen-bond acceptors (Lipinski definition) is 4. The molecule has 0 radical (unpaired) electrons. The molecule has 0 atom stereocenters. The molecule has 6 nitrogen and oxygen atoms in total. The summed E-state index contributed by atoms with van der Waals surface area (Å²) >= 11 is 0. The van der Waals surface area contributed by atoms with Crippen LogP contribution < -0.4 is 10.6 Å². The Bertz CT molecular complexity index is 542. The van der Waals surface area contributed by atoms with Crippen molar-refractivity contribution >= 4 is 5.91 Å². The number of carbonyl (C=O) groups is 1. The Kier molecular flexibility index (Phi) is 6.36. The second-order valence-corrected chi connectivity index (χ2v) is 7.82. The van der Waals surface area contributed by atoms with E-state index in [1.807, 2.05) is 27.7 Å². The van der Waals surface area contributed by atoms with Crippen molar-refractivity contribution in [3.05, 3.63) is 17.0 Å². The summed E-state index contributed by atoms with van der Waals surface area (Å²) in [6.45, 7) is 15.7. The van der Waals surface area contributed by atoms with Crippen LogP contribution in [-0.2, 0) is 17.9 Å². The molecule has 0 saturated heterocycles. The maximum atomic E-state index is 12.4. The monoisotopic (exact) mass is 324 g/mol. The first-order valence-electron chi connectivity index (χ1n) is 8.15. The zero-order valence-electron chi connectivity index (χ0n) is 15.6. The number of carbonyl (C=O) groups excluding carboxylic acids is 1. The van der Waals surface area contributed by atoms with Gasteiger partial charge in [-0.3, -0.25) is 14.8 Å². The minimum atomic E-state index is -0.663. The number of hydrogen-bond donors (Lipinski definition) is 3. The van der Waals surface area contributed by atoms with Crippen LogP contribution in [0.25, 0.3) is 0 Å². The van der Waals surface area contributed by atoms with Crippen LogP contribution in [0, 0.1) is 19.3 Å². The second-order valence-electron chi connectivity index (χ2n) is 7.82. The predicted molar refractivity (Wildman–Crippen MR) is 92.2 cm³/mol. The van der Waals surface area contributed by atoms with Crippen LogP contribution in [0.3, 0.4) is 0 Å². The van der Waals surface area contributed by atoms with Crippen LogP contribution in [0.2, 0.25) is 0 Å². The molecule has 1 heterocycles. The van der Waals surface area contributed by atoms with Gasteiger partial charge in [0.05, 0.1) is 24.4 Å². The van der Waals surface area contributed by atoms with E-state index in [4.69, 9.17) is 5.11 Å². The average molecular weight is 324 g/mol. The fourth-order valence-corrected chi connectivity index (χ4v) is 2.26. The molecule has 0 unspecified atom stereocenters. The van der Waals surface area contributed by atoms with Crippen molar-refractivity contribution in [2.24, 2.45) is 5.41 Å². The zero-order valence-corrected chi connectivity index (χ0v) is 15.6. The lowest BCUT2D eigenvalue weighted by Crippen LogP contribution is -2.53. The zero-order chi connectivity index (χ0) is 17.8. The van der Waals surface area contributed by atoms with Gasteiger partial charge in [0, 0.05) is 24.3 Å². The van der Waals surface area contributed by atoms with Crippen LogP contribution in [0.4, 0.5) is 0 Å². The largest absolute Gasteiger partial charge is 0.394 e. The number of rotatable bonds is 7. The van der Waals surface area contributed by atoms with Crippen LogP contribution >= 0.6 is 0 Å². The summed E-state index contributed by atoms with van der Waals surface area (Å²) in [5, 5.41) is 19.8. The van der Waals surface area contributed by atoms with Gasteiger partial charge in [0.15, 0.2) is 0 Å². The molecule has 6 heteroatoms. The molecule has 1 aromatic heterocycles. The van der Waals surface area contributed by atoms with Crippen molar-refractivity contribution in [1.82, 2.24) is 20.4 Å². The van der Waals surface area contributed by atoms with Gasteiger partial charge in [-0.15, -0.1) is 0 Å². The van der Waals surface area contributed by atoms with Crippen LogP contribution in [-0.4, -0.2) is 39.5 Å². The molecule has 1 aromatic rings. The summed E-state index contributed by atoms with van der Waals surface area (Å²) in [4.78, 5) is 12.4. The number of aromatic nitrogens is 2. The molecule has 0 aliphatic rings. The molecular formula is C17H32N4O2. The number of aliphatic hydroxyl groups is 1. The fraction of sp³-hybridized carbons (Fsp3) is 0.765. The Hall–Kier alpha value is -1.40.